The second-order valence-corrected chi connectivity index (χ2v) is 5.02. The number of carboxylic acid groups (broad SMARTS) is 1. The lowest BCUT2D eigenvalue weighted by Gasteiger charge is -2.12. The number of aromatic carboxylic acids is 1. The fourth-order valence-corrected chi connectivity index (χ4v) is 1.93. The van der Waals surface area contributed by atoms with Gasteiger partial charge in [0.25, 0.3) is 0 Å². The zero-order chi connectivity index (χ0) is 14.4. The van der Waals surface area contributed by atoms with Crippen molar-refractivity contribution in [3.05, 3.63) is 28.2 Å². The fraction of sp³-hybridized carbons (Fsp3) is 0.385. The van der Waals surface area contributed by atoms with Crippen molar-refractivity contribution < 1.29 is 19.4 Å². The van der Waals surface area contributed by atoms with E-state index in [0.717, 1.165) is 0 Å². The summed E-state index contributed by atoms with van der Waals surface area (Å²) in [6, 6.07) is 4.83. The van der Waals surface area contributed by atoms with Crippen LogP contribution in [0.15, 0.2) is 22.7 Å². The molecule has 1 N–H and O–H groups in total. The second-order valence-electron chi connectivity index (χ2n) is 4.16. The number of rotatable bonds is 6. The van der Waals surface area contributed by atoms with Gasteiger partial charge in [0.2, 0.25) is 5.91 Å². The van der Waals surface area contributed by atoms with Crippen LogP contribution in [0.4, 0.5) is 0 Å². The van der Waals surface area contributed by atoms with Crippen LogP contribution in [0.3, 0.4) is 0 Å². The normalized spacial score (nSPS) is 10.1. The van der Waals surface area contributed by atoms with Gasteiger partial charge in [-0.3, -0.25) is 4.79 Å². The summed E-state index contributed by atoms with van der Waals surface area (Å²) < 4.78 is 6.05. The molecule has 5 nitrogen and oxygen atoms in total. The minimum atomic E-state index is -1.04. The number of carbonyl (C=O) groups excluding carboxylic acids is 1. The molecule has 0 saturated heterocycles. The number of hydrogen-bond acceptors (Lipinski definition) is 3. The molecule has 0 aliphatic rings. The van der Waals surface area contributed by atoms with Crippen molar-refractivity contribution >= 4 is 27.8 Å². The highest BCUT2D eigenvalue weighted by atomic mass is 79.9. The van der Waals surface area contributed by atoms with Gasteiger partial charge in [-0.2, -0.15) is 0 Å². The number of amides is 1. The Kier molecular flexibility index (Phi) is 5.82. The molecule has 0 aliphatic heterocycles. The Hall–Kier alpha value is -1.56. The standard InChI is InChI=1S/C13H16BrNO4/c1-15(2)11(16)7-4-8-19-12-9(13(17)18)5-3-6-10(12)14/h3,5-6H,4,7-8H2,1-2H3,(H,17,18). The zero-order valence-corrected chi connectivity index (χ0v) is 12.4. The molecule has 0 unspecified atom stereocenters. The molecule has 1 amide bonds. The van der Waals surface area contributed by atoms with E-state index in [4.69, 9.17) is 9.84 Å². The molecule has 0 saturated carbocycles. The maximum Gasteiger partial charge on any atom is 0.339 e. The van der Waals surface area contributed by atoms with Gasteiger partial charge in [-0.15, -0.1) is 0 Å². The monoisotopic (exact) mass is 329 g/mol. The van der Waals surface area contributed by atoms with E-state index in [1.165, 1.54) is 11.0 Å². The van der Waals surface area contributed by atoms with E-state index in [-0.39, 0.29) is 11.5 Å². The van der Waals surface area contributed by atoms with Crippen LogP contribution < -0.4 is 4.74 Å². The first-order chi connectivity index (χ1) is 8.93. The van der Waals surface area contributed by atoms with E-state index < -0.39 is 5.97 Å². The van der Waals surface area contributed by atoms with Crippen LogP contribution in [0.25, 0.3) is 0 Å². The molecule has 6 heteroatoms. The topological polar surface area (TPSA) is 66.8 Å². The van der Waals surface area contributed by atoms with Crippen LogP contribution >= 0.6 is 15.9 Å². The van der Waals surface area contributed by atoms with Gasteiger partial charge in [-0.25, -0.2) is 4.79 Å². The largest absolute Gasteiger partial charge is 0.491 e. The number of ether oxygens (including phenoxy) is 1. The number of carboxylic acids is 1. The van der Waals surface area contributed by atoms with E-state index in [0.29, 0.717) is 29.7 Å². The highest BCUT2D eigenvalue weighted by Crippen LogP contribution is 2.29. The Morgan fingerprint density at radius 2 is 2.05 bits per heavy atom. The van der Waals surface area contributed by atoms with Gasteiger partial charge in [-0.1, -0.05) is 6.07 Å². The average molecular weight is 330 g/mol. The molecule has 1 aromatic carbocycles. The van der Waals surface area contributed by atoms with Crippen molar-refractivity contribution in [3.63, 3.8) is 0 Å². The first-order valence-electron chi connectivity index (χ1n) is 5.78. The summed E-state index contributed by atoms with van der Waals surface area (Å²) in [6.45, 7) is 0.294. The van der Waals surface area contributed by atoms with E-state index in [2.05, 4.69) is 15.9 Å². The molecule has 0 bridgehead atoms. The summed E-state index contributed by atoms with van der Waals surface area (Å²) in [4.78, 5) is 23.9. The van der Waals surface area contributed by atoms with Crippen molar-refractivity contribution in [2.24, 2.45) is 0 Å². The molecule has 1 rings (SSSR count). The quantitative estimate of drug-likeness (QED) is 0.814. The van der Waals surface area contributed by atoms with Crippen LogP contribution in [0, 0.1) is 0 Å². The molecule has 0 aromatic heterocycles. The molecule has 0 aliphatic carbocycles. The lowest BCUT2D eigenvalue weighted by atomic mass is 10.2. The van der Waals surface area contributed by atoms with E-state index in [9.17, 15) is 9.59 Å². The Labute approximate surface area is 120 Å². The molecule has 0 fully saturated rings. The van der Waals surface area contributed by atoms with Crippen molar-refractivity contribution in [3.8, 4) is 5.75 Å². The van der Waals surface area contributed by atoms with Crippen LogP contribution in [0.1, 0.15) is 23.2 Å². The van der Waals surface area contributed by atoms with Gasteiger partial charge in [0.1, 0.15) is 11.3 Å². The molecule has 0 atom stereocenters. The van der Waals surface area contributed by atoms with Crippen molar-refractivity contribution in [1.82, 2.24) is 4.90 Å². The molecular weight excluding hydrogens is 314 g/mol. The minimum Gasteiger partial charge on any atom is -0.491 e. The van der Waals surface area contributed by atoms with Gasteiger partial charge in [0, 0.05) is 20.5 Å². The third kappa shape index (κ3) is 4.55. The predicted molar refractivity (Wildman–Crippen MR) is 74.5 cm³/mol. The van der Waals surface area contributed by atoms with Crippen molar-refractivity contribution in [1.29, 1.82) is 0 Å². The molecule has 0 spiro atoms. The van der Waals surface area contributed by atoms with Crippen LogP contribution in [-0.2, 0) is 4.79 Å². The third-order valence-corrected chi connectivity index (χ3v) is 3.10. The number of carbonyl (C=O) groups is 2. The number of nitrogens with zero attached hydrogens (tertiary/aromatic N) is 1. The summed E-state index contributed by atoms with van der Waals surface area (Å²) in [6.07, 6.45) is 0.914. The number of hydrogen-bond donors (Lipinski definition) is 1. The summed E-state index contributed by atoms with van der Waals surface area (Å²) in [7, 11) is 3.39. The van der Waals surface area contributed by atoms with Crippen LogP contribution in [-0.4, -0.2) is 42.6 Å². The summed E-state index contributed by atoms with van der Waals surface area (Å²) in [5.41, 5.74) is 0.105. The Bertz CT molecular complexity index is 474. The lowest BCUT2D eigenvalue weighted by Crippen LogP contribution is -2.21. The number of halogens is 1. The van der Waals surface area contributed by atoms with Crippen molar-refractivity contribution in [2.45, 2.75) is 12.8 Å². The summed E-state index contributed by atoms with van der Waals surface area (Å²) in [5.74, 6) is -0.720. The minimum absolute atomic E-state index is 0.0224. The average Bonchev–Trinajstić information content (AvgIpc) is 2.35. The summed E-state index contributed by atoms with van der Waals surface area (Å²) >= 11 is 3.26. The Balaban J connectivity index is 2.58. The van der Waals surface area contributed by atoms with Gasteiger partial charge < -0.3 is 14.7 Å². The second kappa shape index (κ2) is 7.13. The molecule has 19 heavy (non-hydrogen) atoms. The van der Waals surface area contributed by atoms with Crippen LogP contribution in [0.5, 0.6) is 5.75 Å². The Morgan fingerprint density at radius 1 is 1.37 bits per heavy atom. The lowest BCUT2D eigenvalue weighted by molar-refractivity contribution is -0.128. The smallest absolute Gasteiger partial charge is 0.339 e. The highest BCUT2D eigenvalue weighted by Gasteiger charge is 2.14. The van der Waals surface area contributed by atoms with Gasteiger partial charge in [0.05, 0.1) is 11.1 Å². The SMILES string of the molecule is CN(C)C(=O)CCCOc1c(Br)cccc1C(=O)O. The van der Waals surface area contributed by atoms with Gasteiger partial charge in [-0.05, 0) is 34.5 Å². The maximum absolute atomic E-state index is 11.4. The van der Waals surface area contributed by atoms with E-state index in [1.807, 2.05) is 0 Å². The maximum atomic E-state index is 11.4. The van der Waals surface area contributed by atoms with Crippen molar-refractivity contribution in [2.75, 3.05) is 20.7 Å². The Morgan fingerprint density at radius 3 is 2.63 bits per heavy atom. The molecule has 1 aromatic rings. The van der Waals surface area contributed by atoms with Gasteiger partial charge in [0.15, 0.2) is 0 Å². The fourth-order valence-electron chi connectivity index (χ4n) is 1.45. The number of benzene rings is 1. The molecular formula is C13H16BrNO4. The highest BCUT2D eigenvalue weighted by molar-refractivity contribution is 9.10. The first-order valence-corrected chi connectivity index (χ1v) is 6.57. The molecule has 0 heterocycles. The third-order valence-electron chi connectivity index (χ3n) is 2.48. The van der Waals surface area contributed by atoms with E-state index >= 15 is 0 Å². The van der Waals surface area contributed by atoms with Gasteiger partial charge >= 0.3 is 5.97 Å². The summed E-state index contributed by atoms with van der Waals surface area (Å²) in [5, 5.41) is 9.05. The molecule has 104 valence electrons. The van der Waals surface area contributed by atoms with Crippen LogP contribution in [0.2, 0.25) is 0 Å². The predicted octanol–water partition coefficient (Wildman–Crippen LogP) is 2.39. The molecule has 0 radical (unpaired) electrons. The number of para-hydroxylation sites is 1. The zero-order valence-electron chi connectivity index (χ0n) is 10.9. The van der Waals surface area contributed by atoms with E-state index in [1.54, 1.807) is 26.2 Å². The first kappa shape index (κ1) is 15.5.